The minimum absolute atomic E-state index is 0.0623. The Morgan fingerprint density at radius 2 is 1.84 bits per heavy atom. The van der Waals surface area contributed by atoms with Gasteiger partial charge in [0.05, 0.1) is 33.5 Å². The van der Waals surface area contributed by atoms with Crippen LogP contribution in [0.2, 0.25) is 0 Å². The van der Waals surface area contributed by atoms with Crippen molar-refractivity contribution in [2.24, 2.45) is 0 Å². The molecule has 1 atom stereocenters. The van der Waals surface area contributed by atoms with Gasteiger partial charge in [-0.3, -0.25) is 0 Å². The zero-order chi connectivity index (χ0) is 17.6. The summed E-state index contributed by atoms with van der Waals surface area (Å²) in [4.78, 5) is 10.9. The van der Waals surface area contributed by atoms with Gasteiger partial charge in [0.25, 0.3) is 0 Å². The van der Waals surface area contributed by atoms with Gasteiger partial charge >= 0.3 is 0 Å². The molecule has 0 bridgehead atoms. The normalized spacial score (nSPS) is 15.6. The molecule has 0 aliphatic carbocycles. The summed E-state index contributed by atoms with van der Waals surface area (Å²) < 4.78 is 16.1. The molecular weight excluding hydrogens is 320 g/mol. The smallest absolute Gasteiger partial charge is 0.161 e. The second kappa shape index (κ2) is 8.02. The van der Waals surface area contributed by atoms with Crippen LogP contribution in [0.15, 0.2) is 30.6 Å². The molecule has 7 nitrogen and oxygen atoms in total. The lowest BCUT2D eigenvalue weighted by Gasteiger charge is -2.28. The highest BCUT2D eigenvalue weighted by atomic mass is 16.5. The molecule has 1 unspecified atom stereocenters. The van der Waals surface area contributed by atoms with Gasteiger partial charge in [0.1, 0.15) is 18.0 Å². The van der Waals surface area contributed by atoms with Crippen molar-refractivity contribution in [3.63, 3.8) is 0 Å². The topological polar surface area (TPSA) is 68.7 Å². The highest BCUT2D eigenvalue weighted by Gasteiger charge is 2.15. The predicted octanol–water partition coefficient (Wildman–Crippen LogP) is 2.50. The Morgan fingerprint density at radius 1 is 1.08 bits per heavy atom. The summed E-state index contributed by atoms with van der Waals surface area (Å²) in [5, 5.41) is 3.42. The van der Waals surface area contributed by atoms with E-state index in [1.807, 2.05) is 24.3 Å². The molecule has 25 heavy (non-hydrogen) atoms. The van der Waals surface area contributed by atoms with E-state index < -0.39 is 0 Å². The van der Waals surface area contributed by atoms with Gasteiger partial charge in [-0.25, -0.2) is 9.97 Å². The number of hydrogen-bond donors (Lipinski definition) is 1. The number of ether oxygens (including phenoxy) is 3. The van der Waals surface area contributed by atoms with E-state index in [1.165, 1.54) is 0 Å². The fourth-order valence-electron chi connectivity index (χ4n) is 2.82. The third kappa shape index (κ3) is 4.11. The van der Waals surface area contributed by atoms with Crippen molar-refractivity contribution >= 4 is 11.6 Å². The van der Waals surface area contributed by atoms with E-state index in [9.17, 15) is 0 Å². The average molecular weight is 344 g/mol. The first-order valence-corrected chi connectivity index (χ1v) is 8.34. The van der Waals surface area contributed by atoms with Gasteiger partial charge in [-0.05, 0) is 24.6 Å². The lowest BCUT2D eigenvalue weighted by molar-refractivity contribution is 0.122. The van der Waals surface area contributed by atoms with Crippen molar-refractivity contribution in [1.29, 1.82) is 0 Å². The van der Waals surface area contributed by atoms with Crippen LogP contribution in [0.1, 0.15) is 18.5 Å². The first-order valence-electron chi connectivity index (χ1n) is 8.34. The summed E-state index contributed by atoms with van der Waals surface area (Å²) >= 11 is 0. The number of benzene rings is 1. The van der Waals surface area contributed by atoms with Crippen molar-refractivity contribution < 1.29 is 14.2 Å². The number of nitrogens with zero attached hydrogens (tertiary/aromatic N) is 3. The zero-order valence-corrected chi connectivity index (χ0v) is 14.9. The molecule has 2 heterocycles. The van der Waals surface area contributed by atoms with Crippen molar-refractivity contribution in [2.45, 2.75) is 13.0 Å². The molecule has 134 valence electrons. The molecule has 1 N–H and O–H groups in total. The molecule has 1 fully saturated rings. The molecular formula is C18H24N4O3. The number of aromatic nitrogens is 2. The van der Waals surface area contributed by atoms with Crippen molar-refractivity contribution in [2.75, 3.05) is 50.7 Å². The fraction of sp³-hybridized carbons (Fsp3) is 0.444. The van der Waals surface area contributed by atoms with Crippen LogP contribution < -0.4 is 19.7 Å². The third-order valence-corrected chi connectivity index (χ3v) is 4.26. The average Bonchev–Trinajstić information content (AvgIpc) is 2.68. The summed E-state index contributed by atoms with van der Waals surface area (Å²) in [5.41, 5.74) is 1.09. The summed E-state index contributed by atoms with van der Waals surface area (Å²) in [6.45, 7) is 5.24. The van der Waals surface area contributed by atoms with Gasteiger partial charge in [-0.15, -0.1) is 0 Å². The van der Waals surface area contributed by atoms with Gasteiger partial charge in [-0.2, -0.15) is 0 Å². The van der Waals surface area contributed by atoms with E-state index in [-0.39, 0.29) is 6.04 Å². The van der Waals surface area contributed by atoms with Gasteiger partial charge in [-0.1, -0.05) is 6.07 Å². The molecule has 1 saturated heterocycles. The number of nitrogens with one attached hydrogen (secondary N) is 1. The first kappa shape index (κ1) is 17.3. The number of methoxy groups -OCH3 is 2. The Hall–Kier alpha value is -2.54. The number of morpholine rings is 1. The molecule has 1 aliphatic heterocycles. The van der Waals surface area contributed by atoms with Crippen LogP contribution in [-0.2, 0) is 4.74 Å². The van der Waals surface area contributed by atoms with E-state index in [0.29, 0.717) is 5.75 Å². The van der Waals surface area contributed by atoms with Crippen molar-refractivity contribution in [1.82, 2.24) is 9.97 Å². The van der Waals surface area contributed by atoms with Crippen LogP contribution in [0, 0.1) is 0 Å². The van der Waals surface area contributed by atoms with E-state index in [2.05, 4.69) is 27.1 Å². The second-order valence-electron chi connectivity index (χ2n) is 5.84. The van der Waals surface area contributed by atoms with Gasteiger partial charge in [0.15, 0.2) is 11.5 Å². The molecule has 0 spiro atoms. The standard InChI is InChI=1S/C18H24N4O3/c1-13(14-4-5-15(23-2)16(10-14)24-3)21-17-11-18(20-12-19-17)22-6-8-25-9-7-22/h4-5,10-13H,6-9H2,1-3H3,(H,19,20,21). The van der Waals surface area contributed by atoms with Crippen LogP contribution in [-0.4, -0.2) is 50.5 Å². The number of hydrogen-bond acceptors (Lipinski definition) is 7. The minimum Gasteiger partial charge on any atom is -0.493 e. The maximum Gasteiger partial charge on any atom is 0.161 e. The van der Waals surface area contributed by atoms with Crippen molar-refractivity contribution in [3.8, 4) is 11.5 Å². The van der Waals surface area contributed by atoms with Gasteiger partial charge in [0, 0.05) is 19.2 Å². The monoisotopic (exact) mass is 344 g/mol. The van der Waals surface area contributed by atoms with Crippen molar-refractivity contribution in [3.05, 3.63) is 36.2 Å². The third-order valence-electron chi connectivity index (χ3n) is 4.26. The molecule has 0 saturated carbocycles. The minimum atomic E-state index is 0.0623. The fourth-order valence-corrected chi connectivity index (χ4v) is 2.82. The van der Waals surface area contributed by atoms with E-state index in [0.717, 1.165) is 49.3 Å². The van der Waals surface area contributed by atoms with Crippen LogP contribution >= 0.6 is 0 Å². The van der Waals surface area contributed by atoms with E-state index >= 15 is 0 Å². The van der Waals surface area contributed by atoms with Gasteiger partial charge in [0.2, 0.25) is 0 Å². The summed E-state index contributed by atoms with van der Waals surface area (Å²) in [6.07, 6.45) is 1.59. The Morgan fingerprint density at radius 3 is 2.56 bits per heavy atom. The molecule has 3 rings (SSSR count). The molecule has 1 aromatic carbocycles. The summed E-state index contributed by atoms with van der Waals surface area (Å²) in [7, 11) is 3.27. The van der Waals surface area contributed by atoms with E-state index in [1.54, 1.807) is 20.5 Å². The summed E-state index contributed by atoms with van der Waals surface area (Å²) in [5.74, 6) is 3.14. The highest BCUT2D eigenvalue weighted by Crippen LogP contribution is 2.31. The van der Waals surface area contributed by atoms with Crippen LogP contribution in [0.3, 0.4) is 0 Å². The van der Waals surface area contributed by atoms with Crippen LogP contribution in [0.4, 0.5) is 11.6 Å². The molecule has 2 aromatic rings. The Balaban J connectivity index is 1.73. The molecule has 0 radical (unpaired) electrons. The quantitative estimate of drug-likeness (QED) is 0.863. The Bertz CT molecular complexity index is 704. The molecule has 1 aromatic heterocycles. The number of anilines is 2. The molecule has 1 aliphatic rings. The lowest BCUT2D eigenvalue weighted by Crippen LogP contribution is -2.36. The first-order chi connectivity index (χ1) is 12.2. The largest absolute Gasteiger partial charge is 0.493 e. The highest BCUT2D eigenvalue weighted by molar-refractivity contribution is 5.51. The maximum absolute atomic E-state index is 5.39. The number of rotatable bonds is 6. The summed E-state index contributed by atoms with van der Waals surface area (Å²) in [6, 6.07) is 7.94. The second-order valence-corrected chi connectivity index (χ2v) is 5.84. The SMILES string of the molecule is COc1ccc(C(C)Nc2cc(N3CCOCC3)ncn2)cc1OC. The Kier molecular flexibility index (Phi) is 5.55. The van der Waals surface area contributed by atoms with Crippen LogP contribution in [0.5, 0.6) is 11.5 Å². The Labute approximate surface area is 147 Å². The molecule has 7 heteroatoms. The predicted molar refractivity (Wildman–Crippen MR) is 96.6 cm³/mol. The maximum atomic E-state index is 5.39. The van der Waals surface area contributed by atoms with Gasteiger partial charge < -0.3 is 24.4 Å². The van der Waals surface area contributed by atoms with Crippen LogP contribution in [0.25, 0.3) is 0 Å². The van der Waals surface area contributed by atoms with E-state index in [4.69, 9.17) is 14.2 Å². The molecule has 0 amide bonds. The zero-order valence-electron chi connectivity index (χ0n) is 14.9. The lowest BCUT2D eigenvalue weighted by atomic mass is 10.1.